The first kappa shape index (κ1) is 20.3. The molecule has 2 rings (SSSR count). The molecular weight excluding hydrogens is 354 g/mol. The molecule has 7 heteroatoms. The minimum atomic E-state index is -0.566. The van der Waals surface area contributed by atoms with Crippen molar-refractivity contribution in [3.05, 3.63) is 30.3 Å². The first-order valence-electron chi connectivity index (χ1n) is 8.91. The second-order valence-corrected chi connectivity index (χ2v) is 7.09. The van der Waals surface area contributed by atoms with Crippen molar-refractivity contribution in [1.82, 2.24) is 4.90 Å². The van der Waals surface area contributed by atoms with E-state index in [9.17, 15) is 14.4 Å². The Kier molecular flexibility index (Phi) is 8.47. The van der Waals surface area contributed by atoms with E-state index in [1.807, 2.05) is 30.3 Å². The lowest BCUT2D eigenvalue weighted by Gasteiger charge is -2.33. The largest absolute Gasteiger partial charge is 0.464 e. The van der Waals surface area contributed by atoms with Gasteiger partial charge in [0.2, 0.25) is 0 Å². The first-order valence-corrected chi connectivity index (χ1v) is 9.90. The lowest BCUT2D eigenvalue weighted by atomic mass is 10.0. The molecule has 1 heterocycles. The van der Waals surface area contributed by atoms with Crippen LogP contribution in [0.15, 0.2) is 35.2 Å². The number of nitrogens with zero attached hydrogens (tertiary/aromatic N) is 1. The lowest BCUT2D eigenvalue weighted by Crippen LogP contribution is -2.50. The maximum Gasteiger partial charge on any atom is 0.328 e. The summed E-state index contributed by atoms with van der Waals surface area (Å²) in [6, 6.07) is 9.21. The van der Waals surface area contributed by atoms with Gasteiger partial charge in [-0.1, -0.05) is 18.2 Å². The Bertz CT molecular complexity index is 607. The maximum atomic E-state index is 12.4. The summed E-state index contributed by atoms with van der Waals surface area (Å²) in [7, 11) is 0. The number of piperidine rings is 1. The highest BCUT2D eigenvalue weighted by molar-refractivity contribution is 7.99. The molecule has 0 saturated carbocycles. The number of hydrogen-bond acceptors (Lipinski definition) is 6. The van der Waals surface area contributed by atoms with E-state index in [0.717, 1.165) is 17.7 Å². The molecule has 1 unspecified atom stereocenters. The van der Waals surface area contributed by atoms with Gasteiger partial charge in [-0.15, -0.1) is 11.8 Å². The average Bonchev–Trinajstić information content (AvgIpc) is 2.67. The van der Waals surface area contributed by atoms with E-state index in [2.05, 4.69) is 0 Å². The Morgan fingerprint density at radius 1 is 1.15 bits per heavy atom. The molecule has 142 valence electrons. The van der Waals surface area contributed by atoms with Gasteiger partial charge in [-0.05, 0) is 38.3 Å². The highest BCUT2D eigenvalue weighted by Gasteiger charge is 2.33. The summed E-state index contributed by atoms with van der Waals surface area (Å²) in [6.45, 7) is 2.18. The highest BCUT2D eigenvalue weighted by atomic mass is 32.2. The van der Waals surface area contributed by atoms with Crippen LogP contribution in [0.3, 0.4) is 0 Å². The van der Waals surface area contributed by atoms with E-state index in [-0.39, 0.29) is 31.5 Å². The number of thioether (sulfide) groups is 1. The molecule has 0 aliphatic carbocycles. The van der Waals surface area contributed by atoms with Crippen LogP contribution in [0.25, 0.3) is 0 Å². The van der Waals surface area contributed by atoms with Gasteiger partial charge in [0.1, 0.15) is 6.04 Å². The zero-order valence-electron chi connectivity index (χ0n) is 15.0. The Balaban J connectivity index is 1.73. The molecule has 6 nitrogen and oxygen atoms in total. The molecule has 0 radical (unpaired) electrons. The number of benzene rings is 1. The number of rotatable bonds is 8. The molecule has 0 N–H and O–H groups in total. The summed E-state index contributed by atoms with van der Waals surface area (Å²) in [5.74, 6) is -0.545. The third-order valence-corrected chi connectivity index (χ3v) is 5.07. The fraction of sp³-hybridized carbons (Fsp3) is 0.526. The lowest BCUT2D eigenvalue weighted by molar-refractivity contribution is -0.160. The van der Waals surface area contributed by atoms with Gasteiger partial charge in [-0.2, -0.15) is 0 Å². The summed E-state index contributed by atoms with van der Waals surface area (Å²) in [5, 5.41) is 0. The zero-order chi connectivity index (χ0) is 18.8. The Labute approximate surface area is 158 Å². The zero-order valence-corrected chi connectivity index (χ0v) is 15.8. The van der Waals surface area contributed by atoms with Crippen molar-refractivity contribution in [2.75, 3.05) is 25.5 Å². The number of hydrogen-bond donors (Lipinski definition) is 0. The molecule has 1 aliphatic heterocycles. The average molecular weight is 379 g/mol. The summed E-state index contributed by atoms with van der Waals surface area (Å²) in [5.41, 5.74) is 0. The summed E-state index contributed by atoms with van der Waals surface area (Å²) >= 11 is 1.56. The monoisotopic (exact) mass is 379 g/mol. The van der Waals surface area contributed by atoms with Crippen molar-refractivity contribution in [3.8, 4) is 0 Å². The molecule has 0 spiro atoms. The fourth-order valence-corrected chi connectivity index (χ4v) is 3.63. The van der Waals surface area contributed by atoms with Gasteiger partial charge < -0.3 is 14.4 Å². The summed E-state index contributed by atoms with van der Waals surface area (Å²) in [6.07, 6.45) is 2.54. The van der Waals surface area contributed by atoms with E-state index >= 15 is 0 Å². The van der Waals surface area contributed by atoms with Gasteiger partial charge >= 0.3 is 11.9 Å². The molecule has 1 amide bonds. The van der Waals surface area contributed by atoms with Gasteiger partial charge in [0.05, 0.1) is 13.0 Å². The van der Waals surface area contributed by atoms with Crippen molar-refractivity contribution >= 4 is 29.6 Å². The van der Waals surface area contributed by atoms with Gasteiger partial charge in [-0.3, -0.25) is 9.59 Å². The summed E-state index contributed by atoms with van der Waals surface area (Å²) < 4.78 is 10.1. The molecule has 0 aromatic heterocycles. The van der Waals surface area contributed by atoms with Crippen LogP contribution in [0.4, 0.5) is 0 Å². The Hall–Kier alpha value is -2.02. The number of esters is 2. The quantitative estimate of drug-likeness (QED) is 0.511. The first-order chi connectivity index (χ1) is 12.6. The predicted molar refractivity (Wildman–Crippen MR) is 98.7 cm³/mol. The second kappa shape index (κ2) is 10.9. The second-order valence-electron chi connectivity index (χ2n) is 5.92. The molecule has 0 bridgehead atoms. The van der Waals surface area contributed by atoms with Gasteiger partial charge in [0.15, 0.2) is 6.61 Å². The molecule has 1 aliphatic rings. The molecular formula is C19H25NO5S. The van der Waals surface area contributed by atoms with Gasteiger partial charge in [0.25, 0.3) is 5.91 Å². The van der Waals surface area contributed by atoms with Crippen molar-refractivity contribution in [3.63, 3.8) is 0 Å². The van der Waals surface area contributed by atoms with Crippen LogP contribution < -0.4 is 0 Å². The smallest absolute Gasteiger partial charge is 0.328 e. The highest BCUT2D eigenvalue weighted by Crippen LogP contribution is 2.19. The minimum Gasteiger partial charge on any atom is -0.464 e. The third kappa shape index (κ3) is 6.37. The van der Waals surface area contributed by atoms with Crippen molar-refractivity contribution in [2.24, 2.45) is 0 Å². The molecule has 1 aromatic rings. The Morgan fingerprint density at radius 3 is 2.65 bits per heavy atom. The molecule has 26 heavy (non-hydrogen) atoms. The van der Waals surface area contributed by atoms with E-state index in [1.54, 1.807) is 18.7 Å². The van der Waals surface area contributed by atoms with Crippen molar-refractivity contribution in [1.29, 1.82) is 0 Å². The Morgan fingerprint density at radius 2 is 1.92 bits per heavy atom. The number of amides is 1. The van der Waals surface area contributed by atoms with Crippen LogP contribution in [0.1, 0.15) is 32.6 Å². The van der Waals surface area contributed by atoms with E-state index in [4.69, 9.17) is 9.47 Å². The van der Waals surface area contributed by atoms with E-state index < -0.39 is 12.0 Å². The number of ether oxygens (including phenoxy) is 2. The fourth-order valence-electron chi connectivity index (χ4n) is 2.78. The predicted octanol–water partition coefficient (Wildman–Crippen LogP) is 2.66. The van der Waals surface area contributed by atoms with E-state index in [0.29, 0.717) is 18.7 Å². The summed E-state index contributed by atoms with van der Waals surface area (Å²) in [4.78, 5) is 38.8. The van der Waals surface area contributed by atoms with E-state index in [1.165, 1.54) is 4.90 Å². The van der Waals surface area contributed by atoms with Crippen molar-refractivity contribution < 1.29 is 23.9 Å². The third-order valence-electron chi connectivity index (χ3n) is 4.06. The van der Waals surface area contributed by atoms with Crippen LogP contribution in [-0.4, -0.2) is 54.3 Å². The normalized spacial score (nSPS) is 16.8. The van der Waals surface area contributed by atoms with Gasteiger partial charge in [0, 0.05) is 17.2 Å². The standard InChI is InChI=1S/C19H25NO5S/c1-2-24-19(23)16-10-6-7-12-20(16)17(21)14-25-18(22)11-13-26-15-8-4-3-5-9-15/h3-5,8-9,16H,2,6-7,10-14H2,1H3. The van der Waals surface area contributed by atoms with Crippen LogP contribution in [0.5, 0.6) is 0 Å². The maximum absolute atomic E-state index is 12.4. The van der Waals surface area contributed by atoms with Crippen LogP contribution in [0.2, 0.25) is 0 Å². The number of likely N-dealkylation sites (tertiary alicyclic amines) is 1. The molecule has 1 atom stereocenters. The topological polar surface area (TPSA) is 72.9 Å². The number of carbonyl (C=O) groups is 3. The van der Waals surface area contributed by atoms with Crippen LogP contribution in [-0.2, 0) is 23.9 Å². The van der Waals surface area contributed by atoms with Crippen molar-refractivity contribution in [2.45, 2.75) is 43.5 Å². The van der Waals surface area contributed by atoms with Gasteiger partial charge in [-0.25, -0.2) is 4.79 Å². The number of carbonyl (C=O) groups excluding carboxylic acids is 3. The minimum absolute atomic E-state index is 0.230. The molecule has 1 aromatic carbocycles. The molecule has 1 saturated heterocycles. The molecule has 1 fully saturated rings. The SMILES string of the molecule is CCOC(=O)C1CCCCN1C(=O)COC(=O)CCSc1ccccc1. The van der Waals surface area contributed by atoms with Crippen LogP contribution >= 0.6 is 11.8 Å². The van der Waals surface area contributed by atoms with Crippen LogP contribution in [0, 0.1) is 0 Å².